The molecule has 1 aromatic rings. The van der Waals surface area contributed by atoms with Gasteiger partial charge in [-0.1, -0.05) is 6.92 Å². The first-order valence-corrected chi connectivity index (χ1v) is 5.65. The van der Waals surface area contributed by atoms with Crippen molar-refractivity contribution in [2.24, 2.45) is 5.92 Å². The number of hydrogen-bond donors (Lipinski definition) is 1. The van der Waals surface area contributed by atoms with Crippen LogP contribution in [0.15, 0.2) is 18.2 Å². The predicted molar refractivity (Wildman–Crippen MR) is 64.2 cm³/mol. The number of nitrogens with zero attached hydrogens (tertiary/aromatic N) is 2. The van der Waals surface area contributed by atoms with Crippen molar-refractivity contribution in [1.29, 1.82) is 10.5 Å². The van der Waals surface area contributed by atoms with E-state index in [1.54, 1.807) is 19.1 Å². The first kappa shape index (κ1) is 15.5. The number of halogens is 3. The van der Waals surface area contributed by atoms with Crippen molar-refractivity contribution in [3.05, 3.63) is 29.3 Å². The Kier molecular flexibility index (Phi) is 4.71. The average Bonchev–Trinajstić information content (AvgIpc) is 2.39. The van der Waals surface area contributed by atoms with E-state index in [0.717, 1.165) is 12.1 Å². The molecule has 0 fully saturated rings. The number of rotatable bonds is 3. The smallest absolute Gasteiger partial charge is 0.324 e. The fourth-order valence-corrected chi connectivity index (χ4v) is 1.48. The summed E-state index contributed by atoms with van der Waals surface area (Å²) in [7, 11) is 0. The Morgan fingerprint density at radius 1 is 1.40 bits per heavy atom. The van der Waals surface area contributed by atoms with Gasteiger partial charge in [-0.05, 0) is 24.6 Å². The van der Waals surface area contributed by atoms with Gasteiger partial charge in [0.25, 0.3) is 0 Å². The minimum absolute atomic E-state index is 0.0424. The summed E-state index contributed by atoms with van der Waals surface area (Å²) in [6.07, 6.45) is -4.29. The van der Waals surface area contributed by atoms with Crippen molar-refractivity contribution in [3.63, 3.8) is 0 Å². The highest BCUT2D eigenvalue weighted by molar-refractivity contribution is 5.95. The highest BCUT2D eigenvalue weighted by Crippen LogP contribution is 2.31. The van der Waals surface area contributed by atoms with Gasteiger partial charge in [0.1, 0.15) is 12.0 Å². The van der Waals surface area contributed by atoms with Crippen LogP contribution in [-0.2, 0) is 11.0 Å². The molecule has 0 saturated carbocycles. The third-order valence-corrected chi connectivity index (χ3v) is 2.61. The number of carbonyl (C=O) groups excluding carboxylic acids is 1. The van der Waals surface area contributed by atoms with Gasteiger partial charge in [-0.2, -0.15) is 23.7 Å². The number of carbonyl (C=O) groups is 1. The first-order chi connectivity index (χ1) is 9.33. The molecule has 0 radical (unpaired) electrons. The second kappa shape index (κ2) is 6.07. The van der Waals surface area contributed by atoms with Crippen LogP contribution in [0.1, 0.15) is 24.5 Å². The summed E-state index contributed by atoms with van der Waals surface area (Å²) in [6.45, 7) is 1.63. The van der Waals surface area contributed by atoms with E-state index in [0.29, 0.717) is 6.07 Å². The van der Waals surface area contributed by atoms with Gasteiger partial charge in [0, 0.05) is 0 Å². The van der Waals surface area contributed by atoms with Crippen LogP contribution >= 0.6 is 0 Å². The molecule has 1 atom stereocenters. The van der Waals surface area contributed by atoms with Crippen LogP contribution in [0.25, 0.3) is 0 Å². The molecule has 0 aliphatic rings. The lowest BCUT2D eigenvalue weighted by atomic mass is 10.1. The minimum atomic E-state index is -4.56. The monoisotopic (exact) mass is 281 g/mol. The number of hydrogen-bond acceptors (Lipinski definition) is 3. The molecule has 0 saturated heterocycles. The van der Waals surface area contributed by atoms with Crippen molar-refractivity contribution in [2.45, 2.75) is 19.5 Å². The summed E-state index contributed by atoms with van der Waals surface area (Å²) in [6, 6.07) is 5.79. The normalized spacial score (nSPS) is 12.1. The number of nitriles is 2. The summed E-state index contributed by atoms with van der Waals surface area (Å²) in [5.74, 6) is -1.56. The second-order valence-electron chi connectivity index (χ2n) is 3.95. The lowest BCUT2D eigenvalue weighted by Gasteiger charge is -2.12. The average molecular weight is 281 g/mol. The number of benzene rings is 1. The van der Waals surface area contributed by atoms with E-state index in [-0.39, 0.29) is 17.7 Å². The fraction of sp³-hybridized carbons (Fsp3) is 0.308. The van der Waals surface area contributed by atoms with Crippen LogP contribution < -0.4 is 5.32 Å². The number of amides is 1. The minimum Gasteiger partial charge on any atom is -0.324 e. The van der Waals surface area contributed by atoms with Crippen LogP contribution in [0.4, 0.5) is 18.9 Å². The maximum Gasteiger partial charge on any atom is 0.416 e. The molecule has 20 heavy (non-hydrogen) atoms. The zero-order valence-corrected chi connectivity index (χ0v) is 10.5. The highest BCUT2D eigenvalue weighted by Gasteiger charge is 2.31. The zero-order chi connectivity index (χ0) is 15.3. The van der Waals surface area contributed by atoms with Gasteiger partial charge >= 0.3 is 6.18 Å². The van der Waals surface area contributed by atoms with Crippen molar-refractivity contribution < 1.29 is 18.0 Å². The number of alkyl halides is 3. The van der Waals surface area contributed by atoms with E-state index in [4.69, 9.17) is 10.5 Å². The van der Waals surface area contributed by atoms with Crippen LogP contribution in [-0.4, -0.2) is 5.91 Å². The van der Waals surface area contributed by atoms with Gasteiger partial charge in [-0.15, -0.1) is 0 Å². The summed E-state index contributed by atoms with van der Waals surface area (Å²) >= 11 is 0. The van der Waals surface area contributed by atoms with Crippen LogP contribution in [0.3, 0.4) is 0 Å². The molecule has 0 aliphatic heterocycles. The predicted octanol–water partition coefficient (Wildman–Crippen LogP) is 3.07. The van der Waals surface area contributed by atoms with Crippen LogP contribution in [0.2, 0.25) is 0 Å². The maximum atomic E-state index is 12.5. The standard InChI is InChI=1S/C13H10F3N3O/c1-2-8(6-17)12(20)19-11-4-3-10(13(14,15)16)5-9(11)7-18/h3-5,8H,2H2,1H3,(H,19,20). The van der Waals surface area contributed by atoms with Crippen molar-refractivity contribution in [2.75, 3.05) is 5.32 Å². The van der Waals surface area contributed by atoms with Gasteiger partial charge in [-0.25, -0.2) is 0 Å². The van der Waals surface area contributed by atoms with Crippen molar-refractivity contribution >= 4 is 11.6 Å². The van der Waals surface area contributed by atoms with Gasteiger partial charge in [0.15, 0.2) is 0 Å². The van der Waals surface area contributed by atoms with Crippen LogP contribution in [0.5, 0.6) is 0 Å². The van der Waals surface area contributed by atoms with Gasteiger partial charge in [0.2, 0.25) is 5.91 Å². The third kappa shape index (κ3) is 3.48. The Bertz CT molecular complexity index is 596. The Hall–Kier alpha value is -2.54. The fourth-order valence-electron chi connectivity index (χ4n) is 1.48. The van der Waals surface area contributed by atoms with E-state index in [1.165, 1.54) is 0 Å². The van der Waals surface area contributed by atoms with Crippen molar-refractivity contribution in [3.8, 4) is 12.1 Å². The van der Waals surface area contributed by atoms with E-state index in [9.17, 15) is 18.0 Å². The van der Waals surface area contributed by atoms with Gasteiger partial charge < -0.3 is 5.32 Å². The Balaban J connectivity index is 3.07. The lowest BCUT2D eigenvalue weighted by Crippen LogP contribution is -2.21. The molecule has 1 unspecified atom stereocenters. The highest BCUT2D eigenvalue weighted by atomic mass is 19.4. The molecule has 1 N–H and O–H groups in total. The lowest BCUT2D eigenvalue weighted by molar-refractivity contribution is -0.137. The molecule has 104 valence electrons. The zero-order valence-electron chi connectivity index (χ0n) is 10.5. The molecule has 0 spiro atoms. The topological polar surface area (TPSA) is 76.7 Å². The SMILES string of the molecule is CCC(C#N)C(=O)Nc1ccc(C(F)(F)F)cc1C#N. The quantitative estimate of drug-likeness (QED) is 0.924. The Labute approximate surface area is 113 Å². The van der Waals surface area contributed by atoms with Gasteiger partial charge in [0.05, 0.1) is 22.9 Å². The largest absolute Gasteiger partial charge is 0.416 e. The molecule has 0 aromatic heterocycles. The third-order valence-electron chi connectivity index (χ3n) is 2.61. The molecule has 0 heterocycles. The van der Waals surface area contributed by atoms with Crippen molar-refractivity contribution in [1.82, 2.24) is 0 Å². The summed E-state index contributed by atoms with van der Waals surface area (Å²) in [5.41, 5.74) is -1.32. The molecule has 1 amide bonds. The molecule has 7 heteroatoms. The Morgan fingerprint density at radius 3 is 2.50 bits per heavy atom. The molecular weight excluding hydrogens is 271 g/mol. The van der Waals surface area contributed by atoms with E-state index >= 15 is 0 Å². The summed E-state index contributed by atoms with van der Waals surface area (Å²) in [4.78, 5) is 11.7. The molecule has 4 nitrogen and oxygen atoms in total. The number of nitrogens with one attached hydrogen (secondary N) is 1. The van der Waals surface area contributed by atoms with Gasteiger partial charge in [-0.3, -0.25) is 4.79 Å². The second-order valence-corrected chi connectivity index (χ2v) is 3.95. The molecule has 0 aliphatic carbocycles. The molecule has 0 bridgehead atoms. The molecular formula is C13H10F3N3O. The van der Waals surface area contributed by atoms with E-state index in [2.05, 4.69) is 5.32 Å². The van der Waals surface area contributed by atoms with E-state index in [1.807, 2.05) is 0 Å². The van der Waals surface area contributed by atoms with Crippen LogP contribution in [0, 0.1) is 28.6 Å². The number of anilines is 1. The molecule has 1 rings (SSSR count). The van der Waals surface area contributed by atoms with E-state index < -0.39 is 23.6 Å². The summed E-state index contributed by atoms with van der Waals surface area (Å²) in [5, 5.41) is 19.9. The maximum absolute atomic E-state index is 12.5. The first-order valence-electron chi connectivity index (χ1n) is 5.65. The summed E-state index contributed by atoms with van der Waals surface area (Å²) < 4.78 is 37.5. The Morgan fingerprint density at radius 2 is 2.05 bits per heavy atom. The molecule has 1 aromatic carbocycles.